The molecule has 7 amide bonds. The van der Waals surface area contributed by atoms with E-state index in [4.69, 9.17) is 61.4 Å². The molecular weight excluding hydrogens is 1680 g/mol. The Labute approximate surface area is 718 Å². The summed E-state index contributed by atoms with van der Waals surface area (Å²) in [7, 11) is -4.97. The van der Waals surface area contributed by atoms with Crippen LogP contribution in [-0.4, -0.2) is 407 Å². The number of Topliss-reactive ketones (excluding diaryl/α,β-unsaturated/α-hetero) is 3. The number of aliphatic hydroxyl groups is 13. The van der Waals surface area contributed by atoms with Crippen molar-refractivity contribution < 1.29 is 190 Å². The number of likely N-dealkylation sites (tertiary alicyclic amines) is 1. The summed E-state index contributed by atoms with van der Waals surface area (Å²) in [5.41, 5.74) is -2.22. The van der Waals surface area contributed by atoms with Crippen LogP contribution in [0.3, 0.4) is 0 Å². The number of amides is 7. The number of ketones is 3. The summed E-state index contributed by atoms with van der Waals surface area (Å²) in [6.45, 7) is 3.64. The van der Waals surface area contributed by atoms with Crippen molar-refractivity contribution in [2.45, 2.75) is 254 Å². The minimum Gasteiger partial charge on any atom is -0.396 e. The smallest absolute Gasteiger partial charge is 0.396 e. The van der Waals surface area contributed by atoms with Gasteiger partial charge in [-0.05, 0) is 38.5 Å². The molecule has 47 heteroatoms. The van der Waals surface area contributed by atoms with Crippen LogP contribution >= 0.6 is 7.82 Å². The van der Waals surface area contributed by atoms with Gasteiger partial charge in [0.1, 0.15) is 90.7 Å². The van der Waals surface area contributed by atoms with Crippen LogP contribution in [0.5, 0.6) is 0 Å². The summed E-state index contributed by atoms with van der Waals surface area (Å²) in [5, 5.41) is 148. The largest absolute Gasteiger partial charge is 0.469 e. The van der Waals surface area contributed by atoms with Crippen LogP contribution in [0.4, 0.5) is 0 Å². The Hall–Kier alpha value is -5.59. The van der Waals surface area contributed by atoms with Crippen molar-refractivity contribution in [1.82, 2.24) is 36.8 Å². The van der Waals surface area contributed by atoms with Gasteiger partial charge in [0, 0.05) is 133 Å². The number of carbonyl (C=O) groups is 10. The van der Waals surface area contributed by atoms with E-state index in [0.29, 0.717) is 0 Å². The Morgan fingerprint density at radius 1 is 0.444 bits per heavy atom. The third kappa shape index (κ3) is 35.7. The second kappa shape index (κ2) is 55.4. The van der Waals surface area contributed by atoms with Crippen molar-refractivity contribution in [3.8, 4) is 0 Å². The monoisotopic (exact) mass is 1810 g/mol. The average Bonchev–Trinajstić information content (AvgIpc) is 1.61. The minimum absolute atomic E-state index is 0.0172. The first-order valence-electron chi connectivity index (χ1n) is 41.9. The lowest BCUT2D eigenvalue weighted by atomic mass is 9.69. The minimum atomic E-state index is -4.97. The molecule has 716 valence electrons. The van der Waals surface area contributed by atoms with E-state index in [1.54, 1.807) is 27.7 Å². The fraction of sp³-hybridized carbons (Fsp3) is 0.870. The lowest BCUT2D eigenvalue weighted by Crippen LogP contribution is -2.64. The van der Waals surface area contributed by atoms with Crippen LogP contribution in [-0.2, 0) is 114 Å². The van der Waals surface area contributed by atoms with E-state index in [0.717, 1.165) is 6.92 Å². The highest BCUT2D eigenvalue weighted by atomic mass is 31.2. The number of hydrogen-bond donors (Lipinski definition) is 21. The highest BCUT2D eigenvalue weighted by Gasteiger charge is 2.54. The molecule has 46 nitrogen and oxygen atoms in total. The molecule has 25 atom stereocenters. The third-order valence-electron chi connectivity index (χ3n) is 22.4. The molecule has 5 aliphatic heterocycles. The summed E-state index contributed by atoms with van der Waals surface area (Å²) in [5.74, 6) is -9.22. The predicted octanol–water partition coefficient (Wildman–Crippen LogP) is -7.90. The molecule has 0 aliphatic carbocycles. The molecule has 0 spiro atoms. The quantitative estimate of drug-likeness (QED) is 0.0199. The summed E-state index contributed by atoms with van der Waals surface area (Å²) < 4.78 is 84.2. The van der Waals surface area contributed by atoms with Gasteiger partial charge in [0.15, 0.2) is 30.9 Å². The molecule has 0 aromatic heterocycles. The molecule has 5 saturated heterocycles. The average molecular weight is 1810 g/mol. The number of carbonyl (C=O) groups excluding carboxylic acids is 10. The van der Waals surface area contributed by atoms with Crippen molar-refractivity contribution >= 4 is 66.5 Å². The van der Waals surface area contributed by atoms with Crippen LogP contribution in [0.25, 0.3) is 0 Å². The third-order valence-corrected chi connectivity index (χ3v) is 22.9. The van der Waals surface area contributed by atoms with Crippen molar-refractivity contribution in [3.63, 3.8) is 0 Å². The Bertz CT molecular complexity index is 3320. The van der Waals surface area contributed by atoms with Gasteiger partial charge in [-0.3, -0.25) is 52.5 Å². The second-order valence-corrected chi connectivity index (χ2v) is 33.4. The number of aliphatic hydroxyl groups excluding tert-OH is 13. The summed E-state index contributed by atoms with van der Waals surface area (Å²) in [6, 6.07) is -5.33. The molecule has 0 radical (unpaired) electrons. The van der Waals surface area contributed by atoms with Gasteiger partial charge in [-0.25, -0.2) is 4.57 Å². The normalized spacial score (nSPS) is 30.3. The predicted molar refractivity (Wildman–Crippen MR) is 423 cm³/mol. The van der Waals surface area contributed by atoms with Crippen molar-refractivity contribution in [3.05, 3.63) is 0 Å². The fourth-order valence-electron chi connectivity index (χ4n) is 14.6. The molecule has 0 aromatic carbocycles. The maximum absolute atomic E-state index is 14.9. The number of hydrogen-bond acceptors (Lipinski definition) is 37. The van der Waals surface area contributed by atoms with E-state index < -0.39 is 271 Å². The van der Waals surface area contributed by atoms with E-state index in [1.165, 1.54) is 11.8 Å². The number of phosphoric ester groups is 1. The lowest BCUT2D eigenvalue weighted by molar-refractivity contribution is -0.284. The van der Waals surface area contributed by atoms with Gasteiger partial charge in [0.05, 0.1) is 124 Å². The van der Waals surface area contributed by atoms with Crippen LogP contribution in [0.2, 0.25) is 0 Å². The first-order valence-corrected chi connectivity index (χ1v) is 43.4. The first-order chi connectivity index (χ1) is 58.8. The maximum Gasteiger partial charge on any atom is 0.469 e. The SMILES string of the molecule is CC(=O)N[C@H]1C(OCCOCCCC(=O)C(CCC(=O)NCCOCCOC2O[C@H](CO)[C@H](O)[C@H](O)[C@H]2NC(C)=O)NC(=O)CCC(CC(=O)CCCC(=O)N2C[C@](C)(CO)[C@](C)(COP(=O)(O)O)C2)C(=O)NC(CCC(=O)CCCOCCOC2O[C@H](CO)[C@H](O)[C@H](O)[C@H]2C)C(=O)NCCOCCOC2O[C@H](CO)[C@H](O)[C@H](O)[C@H]2C)O[C@H](CO)[C@H](O)[C@@H]1O. The maximum atomic E-state index is 14.9. The number of nitrogens with zero attached hydrogens (tertiary/aromatic N) is 1. The number of phosphoric acid groups is 1. The molecule has 5 rings (SSSR count). The van der Waals surface area contributed by atoms with E-state index in [2.05, 4.69) is 31.9 Å². The highest BCUT2D eigenvalue weighted by Crippen LogP contribution is 2.49. The molecule has 0 saturated carbocycles. The van der Waals surface area contributed by atoms with Gasteiger partial charge in [0.2, 0.25) is 41.4 Å². The van der Waals surface area contributed by atoms with Gasteiger partial charge in [-0.15, -0.1) is 0 Å². The highest BCUT2D eigenvalue weighted by molar-refractivity contribution is 7.46. The molecule has 0 aromatic rings. The van der Waals surface area contributed by atoms with Crippen LogP contribution < -0.4 is 31.9 Å². The lowest BCUT2D eigenvalue weighted by Gasteiger charge is -2.42. The van der Waals surface area contributed by atoms with Crippen molar-refractivity contribution in [2.75, 3.05) is 145 Å². The number of ether oxygens (including phenoxy) is 12. The van der Waals surface area contributed by atoms with E-state index >= 15 is 0 Å². The molecule has 5 heterocycles. The van der Waals surface area contributed by atoms with Crippen LogP contribution in [0, 0.1) is 28.6 Å². The van der Waals surface area contributed by atoms with Crippen LogP contribution in [0.1, 0.15) is 131 Å². The Kier molecular flexibility index (Phi) is 48.7. The van der Waals surface area contributed by atoms with Gasteiger partial charge < -0.3 is 170 Å². The second-order valence-electron chi connectivity index (χ2n) is 32.2. The van der Waals surface area contributed by atoms with Crippen molar-refractivity contribution in [1.29, 1.82) is 0 Å². The van der Waals surface area contributed by atoms with E-state index in [1.807, 2.05) is 0 Å². The summed E-state index contributed by atoms with van der Waals surface area (Å²) in [6.07, 6.45) is -24.5. The Morgan fingerprint density at radius 2 is 0.863 bits per heavy atom. The molecule has 5 aliphatic rings. The van der Waals surface area contributed by atoms with E-state index in [-0.39, 0.29) is 182 Å². The molecule has 124 heavy (non-hydrogen) atoms. The fourth-order valence-corrected chi connectivity index (χ4v) is 15.0. The van der Waals surface area contributed by atoms with E-state index in [9.17, 15) is 129 Å². The molecular formula is C77H134N7O39P. The standard InChI is InChI=1S/C77H134N7O39P/c1-43-62(98)64(100)53(35-85)120-72(43)115-30-26-111-22-8-11-48(92)15-16-51(71(107)79-21-25-114-28-31-116-73-44(2)63(99)65(101)54(36-86)121-73)83-70(106)47(34-49(93)10-7-13-59(97)84-39-76(5,41-89)77(6,40-84)42-119-124(108,109)110)14-18-58(96)82-50(52(94)12-9-23-112-27-32-117-74-60(80-45(3)90)68(104)66(102)55(37-87)122-74)17-19-57(95)78-20-24-113-29-33-118-75-61(81-46(4)91)69(105)67(103)56(38-88)123-75/h43-44,47,50-51,53-56,60-69,72-75,85-89,98-105H,7-42H2,1-6H3,(H,78,95)(H,79,107)(H,80,90)(H,81,91)(H,82,96)(H,83,106)(H2,108,109,110)/t43-,44-,47?,50?,51?,53-,54-,55-,56-,60-,61-,62-,63-,64+,65+,66+,67+,68-,69-,72?,73?,74?,75?,76-,77+/m1/s1. The van der Waals surface area contributed by atoms with Gasteiger partial charge in [-0.1, -0.05) is 27.7 Å². The van der Waals surface area contributed by atoms with Gasteiger partial charge in [0.25, 0.3) is 0 Å². The molecule has 7 unspecified atom stereocenters. The van der Waals surface area contributed by atoms with Gasteiger partial charge >= 0.3 is 7.82 Å². The molecule has 21 N–H and O–H groups in total. The summed E-state index contributed by atoms with van der Waals surface area (Å²) >= 11 is 0. The van der Waals surface area contributed by atoms with Crippen molar-refractivity contribution in [2.24, 2.45) is 28.6 Å². The zero-order valence-electron chi connectivity index (χ0n) is 71.1. The zero-order chi connectivity index (χ0) is 92.0. The molecule has 0 bridgehead atoms. The topological polar surface area (TPSA) is 687 Å². The summed E-state index contributed by atoms with van der Waals surface area (Å²) in [4.78, 5) is 157. The number of nitrogens with one attached hydrogen (secondary N) is 6. The Balaban J connectivity index is 1.31. The Morgan fingerprint density at radius 3 is 1.33 bits per heavy atom. The van der Waals surface area contributed by atoms with Crippen LogP contribution in [0.15, 0.2) is 0 Å². The van der Waals surface area contributed by atoms with Gasteiger partial charge in [-0.2, -0.15) is 0 Å². The number of rotatable bonds is 60. The zero-order valence-corrected chi connectivity index (χ0v) is 72.0. The first kappa shape index (κ1) is 109. The molecule has 5 fully saturated rings.